The van der Waals surface area contributed by atoms with Crippen LogP contribution in [0, 0.1) is 20.2 Å². The van der Waals surface area contributed by atoms with Crippen molar-refractivity contribution in [3.05, 3.63) is 113 Å². The molecule has 12 nitrogen and oxygen atoms in total. The number of nitro groups is 2. The third-order valence-corrected chi connectivity index (χ3v) is 8.73. The van der Waals surface area contributed by atoms with Gasteiger partial charge in [-0.1, -0.05) is 27.7 Å². The molecule has 52 heavy (non-hydrogen) atoms. The number of hydrogen-bond donors (Lipinski definition) is 2. The maximum absolute atomic E-state index is 12.4. The molecule has 0 spiro atoms. The van der Waals surface area contributed by atoms with Gasteiger partial charge in [-0.05, 0) is 49.9 Å². The van der Waals surface area contributed by atoms with Crippen LogP contribution in [0.4, 0.5) is 22.7 Å². The molecule has 0 heterocycles. The summed E-state index contributed by atoms with van der Waals surface area (Å²) in [7, 11) is 0. The first kappa shape index (κ1) is 37.7. The average molecular weight is 713 g/mol. The Labute approximate surface area is 304 Å². The largest absolute Gasteiger partial charge is 0.493 e. The van der Waals surface area contributed by atoms with Crippen LogP contribution in [0.25, 0.3) is 0 Å². The summed E-state index contributed by atoms with van der Waals surface area (Å²) in [5.74, 6) is 2.23. The number of nitrogens with zero attached hydrogens (tertiary/aromatic N) is 2. The van der Waals surface area contributed by atoms with E-state index < -0.39 is 9.85 Å². The van der Waals surface area contributed by atoms with Gasteiger partial charge < -0.3 is 30.4 Å². The fourth-order valence-electron chi connectivity index (χ4n) is 6.67. The molecule has 276 valence electrons. The zero-order valence-corrected chi connectivity index (χ0v) is 30.4. The molecule has 0 fully saturated rings. The molecule has 0 amide bonds. The molecular formula is C40H48N4O8. The second kappa shape index (κ2) is 17.1. The number of nitro benzene ring substituents is 2. The molecule has 0 saturated heterocycles. The predicted octanol–water partition coefficient (Wildman–Crippen LogP) is 8.50. The lowest BCUT2D eigenvalue weighted by Crippen LogP contribution is -2.11. The normalized spacial score (nSPS) is 12.2. The van der Waals surface area contributed by atoms with Gasteiger partial charge in [0.2, 0.25) is 0 Å². The van der Waals surface area contributed by atoms with Gasteiger partial charge in [0.15, 0.2) is 0 Å². The maximum Gasteiger partial charge on any atom is 0.270 e. The first-order valence-electron chi connectivity index (χ1n) is 18.0. The molecular weight excluding hydrogens is 664 g/mol. The topological polar surface area (TPSA) is 175 Å². The molecule has 0 aliphatic heterocycles. The monoisotopic (exact) mass is 712 g/mol. The zero-order chi connectivity index (χ0) is 37.4. The van der Waals surface area contributed by atoms with Crippen LogP contribution >= 0.6 is 0 Å². The van der Waals surface area contributed by atoms with Gasteiger partial charge in [-0.25, -0.2) is 0 Å². The van der Waals surface area contributed by atoms with E-state index in [4.69, 9.17) is 30.4 Å². The van der Waals surface area contributed by atoms with Crippen LogP contribution in [0.3, 0.4) is 0 Å². The van der Waals surface area contributed by atoms with E-state index in [1.165, 1.54) is 24.3 Å². The Morgan fingerprint density at radius 3 is 0.865 bits per heavy atom. The highest BCUT2D eigenvalue weighted by atomic mass is 16.6. The van der Waals surface area contributed by atoms with E-state index in [-0.39, 0.29) is 30.6 Å². The highest BCUT2D eigenvalue weighted by molar-refractivity contribution is 5.63. The van der Waals surface area contributed by atoms with Gasteiger partial charge in [0, 0.05) is 106 Å². The van der Waals surface area contributed by atoms with Crippen LogP contribution < -0.4 is 30.4 Å². The van der Waals surface area contributed by atoms with Crippen molar-refractivity contribution in [2.24, 2.45) is 0 Å². The molecule has 8 bridgehead atoms. The quantitative estimate of drug-likeness (QED) is 0.0645. The van der Waals surface area contributed by atoms with Crippen LogP contribution in [-0.4, -0.2) is 36.3 Å². The van der Waals surface area contributed by atoms with Crippen molar-refractivity contribution in [3.8, 4) is 23.0 Å². The van der Waals surface area contributed by atoms with Gasteiger partial charge in [0.1, 0.15) is 23.0 Å². The molecule has 4 aromatic carbocycles. The van der Waals surface area contributed by atoms with E-state index >= 15 is 0 Å². The molecule has 1 aliphatic rings. The van der Waals surface area contributed by atoms with Gasteiger partial charge in [-0.15, -0.1) is 0 Å². The highest BCUT2D eigenvalue weighted by Crippen LogP contribution is 2.42. The molecule has 0 radical (unpaired) electrons. The van der Waals surface area contributed by atoms with Gasteiger partial charge in [-0.3, -0.25) is 20.2 Å². The first-order chi connectivity index (χ1) is 25.1. The summed E-state index contributed by atoms with van der Waals surface area (Å²) in [6, 6.07) is 13.4. The van der Waals surface area contributed by atoms with E-state index in [9.17, 15) is 20.2 Å². The average Bonchev–Trinajstić information content (AvgIpc) is 3.09. The van der Waals surface area contributed by atoms with Crippen molar-refractivity contribution in [1.82, 2.24) is 0 Å². The summed E-state index contributed by atoms with van der Waals surface area (Å²) in [6.07, 6.45) is 3.76. The smallest absolute Gasteiger partial charge is 0.270 e. The Balaban J connectivity index is 1.90. The van der Waals surface area contributed by atoms with E-state index in [0.717, 1.165) is 35.1 Å². The summed E-state index contributed by atoms with van der Waals surface area (Å²) in [5, 5.41) is 24.8. The maximum atomic E-state index is 12.4. The number of rotatable bonds is 14. The predicted molar refractivity (Wildman–Crippen MR) is 202 cm³/mol. The number of nitrogen functional groups attached to an aromatic ring is 2. The number of ether oxygens (including phenoxy) is 4. The minimum Gasteiger partial charge on any atom is -0.493 e. The summed E-state index contributed by atoms with van der Waals surface area (Å²) in [5.41, 5.74) is 19.2. The Morgan fingerprint density at radius 2 is 0.673 bits per heavy atom. The summed E-state index contributed by atoms with van der Waals surface area (Å²) < 4.78 is 25.7. The second-order valence-electron chi connectivity index (χ2n) is 13.1. The minimum absolute atomic E-state index is 0.0736. The summed E-state index contributed by atoms with van der Waals surface area (Å²) in [6.45, 7) is 9.61. The zero-order valence-electron chi connectivity index (χ0n) is 30.4. The molecule has 4 N–H and O–H groups in total. The van der Waals surface area contributed by atoms with Crippen molar-refractivity contribution >= 4 is 22.7 Å². The lowest BCUT2D eigenvalue weighted by atomic mass is 9.90. The van der Waals surface area contributed by atoms with Crippen molar-refractivity contribution in [2.75, 3.05) is 37.9 Å². The molecule has 12 heteroatoms. The standard InChI is InChI=1S/C40H48N4O8/c1-5-9-49-37-25-13-26-18-34(42)20-28(38(26)50-10-6-2)15-30-22-36(44(47)48)24-32(40(30)52-12-8-4)16-31-23-35(43(45)46)21-29(39(31)51-11-7-3)14-27(37)19-33(41)17-25/h17-24H,5-16,41-42H2,1-4H3. The van der Waals surface area contributed by atoms with E-state index in [1.54, 1.807) is 0 Å². The molecule has 0 atom stereocenters. The number of anilines is 2. The molecule has 0 aromatic heterocycles. The number of benzene rings is 4. The summed E-state index contributed by atoms with van der Waals surface area (Å²) >= 11 is 0. The second-order valence-corrected chi connectivity index (χ2v) is 13.1. The first-order valence-corrected chi connectivity index (χ1v) is 18.0. The van der Waals surface area contributed by atoms with Crippen LogP contribution in [0.15, 0.2) is 48.5 Å². The molecule has 0 unspecified atom stereocenters. The number of fused-ring (bicyclic) bond motifs is 8. The summed E-state index contributed by atoms with van der Waals surface area (Å²) in [4.78, 5) is 23.9. The Kier molecular flexibility index (Phi) is 12.4. The number of nitrogens with two attached hydrogens (primary N) is 2. The van der Waals surface area contributed by atoms with Crippen molar-refractivity contribution in [2.45, 2.75) is 79.1 Å². The third-order valence-electron chi connectivity index (χ3n) is 8.73. The van der Waals surface area contributed by atoms with Gasteiger partial charge in [0.05, 0.1) is 36.3 Å². The lowest BCUT2D eigenvalue weighted by Gasteiger charge is -2.23. The molecule has 0 saturated carbocycles. The van der Waals surface area contributed by atoms with Crippen molar-refractivity contribution in [1.29, 1.82) is 0 Å². The van der Waals surface area contributed by atoms with Crippen LogP contribution in [0.2, 0.25) is 0 Å². The molecule has 4 aromatic rings. The number of non-ortho nitro benzene ring substituents is 2. The van der Waals surface area contributed by atoms with Crippen LogP contribution in [0.5, 0.6) is 23.0 Å². The van der Waals surface area contributed by atoms with Crippen molar-refractivity contribution in [3.63, 3.8) is 0 Å². The van der Waals surface area contributed by atoms with E-state index in [2.05, 4.69) is 0 Å². The fraction of sp³-hybridized carbons (Fsp3) is 0.400. The fourth-order valence-corrected chi connectivity index (χ4v) is 6.67. The molecule has 1 aliphatic carbocycles. The van der Waals surface area contributed by atoms with Gasteiger partial charge in [-0.2, -0.15) is 0 Å². The van der Waals surface area contributed by atoms with Gasteiger partial charge in [0.25, 0.3) is 11.4 Å². The van der Waals surface area contributed by atoms with Crippen LogP contribution in [-0.2, 0) is 25.7 Å². The highest BCUT2D eigenvalue weighted by Gasteiger charge is 2.26. The van der Waals surface area contributed by atoms with E-state index in [1.807, 2.05) is 52.0 Å². The van der Waals surface area contributed by atoms with Crippen molar-refractivity contribution < 1.29 is 28.8 Å². The van der Waals surface area contributed by atoms with Gasteiger partial charge >= 0.3 is 0 Å². The van der Waals surface area contributed by atoms with Crippen LogP contribution in [0.1, 0.15) is 97.9 Å². The SMILES string of the molecule is CCCOc1c2cc(N)cc1Cc1cc([N+](=O)[O-])cc(c1OCCC)Cc1cc([N+](=O)[O-])cc(c1OCCC)Cc1cc(N)cc(c1OCCC)C2. The molecule has 5 rings (SSSR count). The number of hydrogen-bond acceptors (Lipinski definition) is 10. The Morgan fingerprint density at radius 1 is 0.462 bits per heavy atom. The minimum atomic E-state index is -0.434. The third kappa shape index (κ3) is 8.67. The Bertz CT molecular complexity index is 1810. The Hall–Kier alpha value is -5.52. The lowest BCUT2D eigenvalue weighted by molar-refractivity contribution is -0.385. The van der Waals surface area contributed by atoms with E-state index in [0.29, 0.717) is 102 Å².